The molecule has 3 rings (SSSR count). The Hall–Kier alpha value is -2.09. The SMILES string of the molecule is COc1ccc(CN(C(=O)COC(=O)CC2CCS(=O)(=O)C2)C2CC2)cc1. The van der Waals surface area contributed by atoms with Gasteiger partial charge >= 0.3 is 5.97 Å². The lowest BCUT2D eigenvalue weighted by molar-refractivity contribution is -0.153. The average Bonchev–Trinajstić information content (AvgIpc) is 3.42. The van der Waals surface area contributed by atoms with E-state index >= 15 is 0 Å². The molecule has 0 aromatic heterocycles. The molecular weight excluding hydrogens is 370 g/mol. The van der Waals surface area contributed by atoms with Gasteiger partial charge in [0.05, 0.1) is 18.6 Å². The second-order valence-electron chi connectivity index (χ2n) is 7.23. The number of esters is 1. The van der Waals surface area contributed by atoms with Gasteiger partial charge in [-0.15, -0.1) is 0 Å². The standard InChI is InChI=1S/C19H25NO6S/c1-25-17-6-2-14(3-7-17)11-20(16-4-5-16)18(21)12-26-19(22)10-15-8-9-27(23,24)13-15/h2-3,6-7,15-16H,4-5,8-13H2,1H3. The molecule has 1 aromatic carbocycles. The van der Waals surface area contributed by atoms with E-state index in [9.17, 15) is 18.0 Å². The second kappa shape index (κ2) is 8.29. The highest BCUT2D eigenvalue weighted by atomic mass is 32.2. The molecule has 1 aliphatic heterocycles. The van der Waals surface area contributed by atoms with Crippen molar-refractivity contribution in [1.82, 2.24) is 4.90 Å². The van der Waals surface area contributed by atoms with Gasteiger partial charge in [0.25, 0.3) is 5.91 Å². The smallest absolute Gasteiger partial charge is 0.306 e. The summed E-state index contributed by atoms with van der Waals surface area (Å²) in [7, 11) is -1.42. The third-order valence-electron chi connectivity index (χ3n) is 4.96. The Morgan fingerprint density at radius 2 is 1.85 bits per heavy atom. The maximum atomic E-state index is 12.5. The van der Waals surface area contributed by atoms with E-state index in [1.54, 1.807) is 12.0 Å². The maximum Gasteiger partial charge on any atom is 0.306 e. The number of nitrogens with zero attached hydrogens (tertiary/aromatic N) is 1. The number of hydrogen-bond acceptors (Lipinski definition) is 6. The van der Waals surface area contributed by atoms with E-state index in [-0.39, 0.29) is 42.4 Å². The summed E-state index contributed by atoms with van der Waals surface area (Å²) in [5.74, 6) is -0.0168. The molecule has 27 heavy (non-hydrogen) atoms. The molecule has 0 radical (unpaired) electrons. The first-order chi connectivity index (χ1) is 12.9. The molecule has 0 bridgehead atoms. The zero-order valence-electron chi connectivity index (χ0n) is 15.4. The summed E-state index contributed by atoms with van der Waals surface area (Å²) in [4.78, 5) is 26.2. The van der Waals surface area contributed by atoms with Crippen LogP contribution >= 0.6 is 0 Å². The van der Waals surface area contributed by atoms with Gasteiger partial charge < -0.3 is 14.4 Å². The minimum Gasteiger partial charge on any atom is -0.497 e. The number of sulfone groups is 1. The molecule has 1 heterocycles. The van der Waals surface area contributed by atoms with Gasteiger partial charge in [-0.2, -0.15) is 0 Å². The van der Waals surface area contributed by atoms with Gasteiger partial charge in [-0.3, -0.25) is 9.59 Å². The van der Waals surface area contributed by atoms with Gasteiger partial charge in [0.2, 0.25) is 0 Å². The monoisotopic (exact) mass is 395 g/mol. The molecule has 0 spiro atoms. The lowest BCUT2D eigenvalue weighted by Crippen LogP contribution is -2.36. The Bertz CT molecular complexity index is 785. The van der Waals surface area contributed by atoms with Gasteiger partial charge in [-0.05, 0) is 42.9 Å². The number of carbonyl (C=O) groups is 2. The quantitative estimate of drug-likeness (QED) is 0.621. The third kappa shape index (κ3) is 5.69. The van der Waals surface area contributed by atoms with Crippen molar-refractivity contribution in [1.29, 1.82) is 0 Å². The van der Waals surface area contributed by atoms with Crippen LogP contribution in [-0.2, 0) is 30.7 Å². The predicted molar refractivity (Wildman–Crippen MR) is 98.9 cm³/mol. The largest absolute Gasteiger partial charge is 0.497 e. The molecule has 1 aromatic rings. The first-order valence-electron chi connectivity index (χ1n) is 9.15. The Labute approximate surface area is 159 Å². The first kappa shape index (κ1) is 19.7. The van der Waals surface area contributed by atoms with Crippen LogP contribution in [0.2, 0.25) is 0 Å². The summed E-state index contributed by atoms with van der Waals surface area (Å²) in [5.41, 5.74) is 0.985. The van der Waals surface area contributed by atoms with Crippen molar-refractivity contribution >= 4 is 21.7 Å². The van der Waals surface area contributed by atoms with Crippen LogP contribution in [0.25, 0.3) is 0 Å². The molecule has 7 nitrogen and oxygen atoms in total. The van der Waals surface area contributed by atoms with Crippen LogP contribution in [0.15, 0.2) is 24.3 Å². The molecule has 1 unspecified atom stereocenters. The summed E-state index contributed by atoms with van der Waals surface area (Å²) >= 11 is 0. The molecule has 1 saturated carbocycles. The van der Waals surface area contributed by atoms with Crippen LogP contribution in [0, 0.1) is 5.92 Å². The van der Waals surface area contributed by atoms with Gasteiger partial charge in [0, 0.05) is 19.0 Å². The second-order valence-corrected chi connectivity index (χ2v) is 9.46. The van der Waals surface area contributed by atoms with Crippen LogP contribution in [0.1, 0.15) is 31.2 Å². The van der Waals surface area contributed by atoms with Gasteiger partial charge in [-0.1, -0.05) is 12.1 Å². The van der Waals surface area contributed by atoms with Crippen LogP contribution in [-0.4, -0.2) is 56.5 Å². The summed E-state index contributed by atoms with van der Waals surface area (Å²) in [6.07, 6.45) is 2.44. The Morgan fingerprint density at radius 3 is 2.41 bits per heavy atom. The summed E-state index contributed by atoms with van der Waals surface area (Å²) in [6.45, 7) is 0.164. The fourth-order valence-corrected chi connectivity index (χ4v) is 5.15. The van der Waals surface area contributed by atoms with E-state index in [1.807, 2.05) is 24.3 Å². The topological polar surface area (TPSA) is 90.0 Å². The van der Waals surface area contributed by atoms with Crippen LogP contribution in [0.3, 0.4) is 0 Å². The van der Waals surface area contributed by atoms with E-state index in [1.165, 1.54) is 0 Å². The van der Waals surface area contributed by atoms with Gasteiger partial charge in [0.1, 0.15) is 5.75 Å². The minimum atomic E-state index is -3.02. The molecule has 8 heteroatoms. The summed E-state index contributed by atoms with van der Waals surface area (Å²) < 4.78 is 33.2. The van der Waals surface area contributed by atoms with Crippen LogP contribution < -0.4 is 4.74 Å². The number of hydrogen-bond donors (Lipinski definition) is 0. The number of rotatable bonds is 8. The number of amides is 1. The molecule has 1 saturated heterocycles. The molecule has 1 amide bonds. The fourth-order valence-electron chi connectivity index (χ4n) is 3.29. The third-order valence-corrected chi connectivity index (χ3v) is 6.80. The van der Waals surface area contributed by atoms with Crippen molar-refractivity contribution in [2.75, 3.05) is 25.2 Å². The molecule has 2 fully saturated rings. The summed E-state index contributed by atoms with van der Waals surface area (Å²) in [5, 5.41) is 0. The van der Waals surface area contributed by atoms with Crippen molar-refractivity contribution in [3.63, 3.8) is 0 Å². The normalized spacial score (nSPS) is 20.9. The number of ether oxygens (including phenoxy) is 2. The minimum absolute atomic E-state index is 0.0295. The summed E-state index contributed by atoms with van der Waals surface area (Å²) in [6, 6.07) is 7.71. The lowest BCUT2D eigenvalue weighted by atomic mass is 10.1. The maximum absolute atomic E-state index is 12.5. The number of methoxy groups -OCH3 is 1. The van der Waals surface area contributed by atoms with Crippen molar-refractivity contribution in [2.24, 2.45) is 5.92 Å². The average molecular weight is 395 g/mol. The van der Waals surface area contributed by atoms with E-state index < -0.39 is 15.8 Å². The van der Waals surface area contributed by atoms with E-state index in [0.717, 1.165) is 24.2 Å². The molecule has 1 atom stereocenters. The molecule has 1 aliphatic carbocycles. The lowest BCUT2D eigenvalue weighted by Gasteiger charge is -2.22. The molecule has 148 valence electrons. The first-order valence-corrected chi connectivity index (χ1v) is 11.0. The van der Waals surface area contributed by atoms with Crippen molar-refractivity contribution < 1.29 is 27.5 Å². The van der Waals surface area contributed by atoms with Crippen LogP contribution in [0.4, 0.5) is 0 Å². The Balaban J connectivity index is 1.49. The van der Waals surface area contributed by atoms with E-state index in [4.69, 9.17) is 9.47 Å². The van der Waals surface area contributed by atoms with E-state index in [0.29, 0.717) is 13.0 Å². The van der Waals surface area contributed by atoms with Crippen molar-refractivity contribution in [3.8, 4) is 5.75 Å². The molecule has 0 N–H and O–H groups in total. The molecule has 2 aliphatic rings. The van der Waals surface area contributed by atoms with Gasteiger partial charge in [-0.25, -0.2) is 8.42 Å². The number of benzene rings is 1. The highest BCUT2D eigenvalue weighted by Crippen LogP contribution is 2.29. The number of carbonyl (C=O) groups excluding carboxylic acids is 2. The zero-order valence-corrected chi connectivity index (χ0v) is 16.2. The van der Waals surface area contributed by atoms with Gasteiger partial charge in [0.15, 0.2) is 16.4 Å². The predicted octanol–water partition coefficient (Wildman–Crippen LogP) is 1.55. The molecular formula is C19H25NO6S. The van der Waals surface area contributed by atoms with Crippen LogP contribution in [0.5, 0.6) is 5.75 Å². The van der Waals surface area contributed by atoms with Crippen molar-refractivity contribution in [3.05, 3.63) is 29.8 Å². The highest BCUT2D eigenvalue weighted by Gasteiger charge is 2.33. The Kier molecular flexibility index (Phi) is 6.04. The van der Waals surface area contributed by atoms with E-state index in [2.05, 4.69) is 0 Å². The zero-order chi connectivity index (χ0) is 19.4. The highest BCUT2D eigenvalue weighted by molar-refractivity contribution is 7.91. The van der Waals surface area contributed by atoms with Crippen molar-refractivity contribution in [2.45, 2.75) is 38.3 Å². The Morgan fingerprint density at radius 1 is 1.15 bits per heavy atom. The fraction of sp³-hybridized carbons (Fsp3) is 0.579.